The summed E-state index contributed by atoms with van der Waals surface area (Å²) in [5, 5.41) is 20.3. The van der Waals surface area contributed by atoms with E-state index in [0.29, 0.717) is 0 Å². The van der Waals surface area contributed by atoms with Gasteiger partial charge in [0.05, 0.1) is 0 Å². The second-order valence-corrected chi connectivity index (χ2v) is 16.5. The third-order valence-corrected chi connectivity index (χ3v) is 11.4. The maximum atomic E-state index is 10.1. The molecule has 0 aliphatic rings. The van der Waals surface area contributed by atoms with Gasteiger partial charge in [0.2, 0.25) is 5.91 Å². The van der Waals surface area contributed by atoms with Crippen LogP contribution >= 0.6 is 0 Å². The minimum atomic E-state index is -2.01. The monoisotopic (exact) mass is 694 g/mol. The largest absolute Gasteiger partial charge is 0.353 e. The smallest absolute Gasteiger partial charge is 0.222 e. The molecular weight excluding hydrogens is 599 g/mol. The minimum Gasteiger partial charge on any atom is -0.353 e. The lowest BCUT2D eigenvalue weighted by Crippen LogP contribution is -2.47. The summed E-state index contributed by atoms with van der Waals surface area (Å²) in [7, 11) is 0. The Labute approximate surface area is 310 Å². The molecule has 0 rings (SSSR count). The van der Waals surface area contributed by atoms with E-state index >= 15 is 0 Å². The van der Waals surface area contributed by atoms with Crippen LogP contribution in [0.5, 0.6) is 0 Å². The maximum absolute atomic E-state index is 10.1. The third-order valence-electron chi connectivity index (χ3n) is 11.4. The zero-order valence-corrected chi connectivity index (χ0v) is 34.2. The lowest BCUT2D eigenvalue weighted by atomic mass is 9.91. The number of hydrogen-bond donors (Lipinski definition) is 3. The number of hydrogen-bond acceptors (Lipinski definition) is 3. The van der Waals surface area contributed by atoms with E-state index in [1.165, 1.54) is 244 Å². The lowest BCUT2D eigenvalue weighted by Gasteiger charge is -2.27. The molecule has 0 saturated heterocycles. The van der Waals surface area contributed by atoms with Crippen molar-refractivity contribution in [1.82, 2.24) is 0 Å². The van der Waals surface area contributed by atoms with Crippen molar-refractivity contribution in [3.63, 3.8) is 0 Å². The van der Waals surface area contributed by atoms with Crippen LogP contribution in [-0.2, 0) is 0 Å². The van der Waals surface area contributed by atoms with Gasteiger partial charge in [0.1, 0.15) is 0 Å². The summed E-state index contributed by atoms with van der Waals surface area (Å²) in [5.74, 6) is -2.19. The molecule has 0 bridgehead atoms. The molecule has 4 N–H and O–H groups in total. The van der Waals surface area contributed by atoms with Crippen LogP contribution in [0.2, 0.25) is 0 Å². The molecule has 0 saturated carbocycles. The maximum Gasteiger partial charge on any atom is 0.222 e. The van der Waals surface area contributed by atoms with Gasteiger partial charge >= 0.3 is 0 Å². The van der Waals surface area contributed by atoms with Gasteiger partial charge in [0.25, 0.3) is 0 Å². The first-order valence-electron chi connectivity index (χ1n) is 23.3. The fourth-order valence-corrected chi connectivity index (χ4v) is 7.86. The van der Waals surface area contributed by atoms with E-state index in [9.17, 15) is 10.2 Å². The lowest BCUT2D eigenvalue weighted by molar-refractivity contribution is -0.199. The van der Waals surface area contributed by atoms with Crippen LogP contribution in [0.1, 0.15) is 284 Å². The van der Waals surface area contributed by atoms with Gasteiger partial charge in [-0.1, -0.05) is 271 Å². The fraction of sp³-hybridized carbons (Fsp3) is 1.00. The van der Waals surface area contributed by atoms with Crippen molar-refractivity contribution in [2.45, 2.75) is 289 Å². The zero-order chi connectivity index (χ0) is 35.8. The highest BCUT2D eigenvalue weighted by Crippen LogP contribution is 2.25. The molecular formula is C46H95NO2. The first-order valence-corrected chi connectivity index (χ1v) is 23.3. The van der Waals surface area contributed by atoms with Crippen LogP contribution in [0.15, 0.2) is 0 Å². The molecule has 0 aromatic carbocycles. The Balaban J connectivity index is 3.44. The molecule has 49 heavy (non-hydrogen) atoms. The Morgan fingerprint density at radius 2 is 0.429 bits per heavy atom. The third kappa shape index (κ3) is 40.5. The Kier molecular flexibility index (Phi) is 40.5. The van der Waals surface area contributed by atoms with Crippen molar-refractivity contribution in [3.8, 4) is 0 Å². The van der Waals surface area contributed by atoms with E-state index in [1.807, 2.05) is 0 Å². The summed E-state index contributed by atoms with van der Waals surface area (Å²) >= 11 is 0. The Morgan fingerprint density at radius 3 is 0.571 bits per heavy atom. The Bertz CT molecular complexity index is 544. The number of unbranched alkanes of at least 4 members (excludes halogenated alkanes) is 38. The highest BCUT2D eigenvalue weighted by Gasteiger charge is 2.28. The summed E-state index contributed by atoms with van der Waals surface area (Å²) in [5.41, 5.74) is 5.76. The van der Waals surface area contributed by atoms with Crippen LogP contribution < -0.4 is 5.73 Å². The van der Waals surface area contributed by atoms with Crippen molar-refractivity contribution >= 4 is 0 Å². The first-order chi connectivity index (χ1) is 24.0. The van der Waals surface area contributed by atoms with Crippen LogP contribution in [-0.4, -0.2) is 16.1 Å². The standard InChI is InChI=1S/C46H95NO2/c1-3-5-7-9-11-13-15-17-19-21-23-25-27-29-31-33-35-37-39-41-43-45(46(47,48)49)44-42-40-38-36-34-32-30-28-26-24-22-20-18-16-14-12-10-8-6-4-2/h45,48-49H,3-44,47H2,1-2H3. The highest BCUT2D eigenvalue weighted by atomic mass is 16.5. The second kappa shape index (κ2) is 40.6. The molecule has 0 aliphatic heterocycles. The quantitative estimate of drug-likeness (QED) is 0.0440. The van der Waals surface area contributed by atoms with E-state index in [-0.39, 0.29) is 5.92 Å². The van der Waals surface area contributed by atoms with Crippen molar-refractivity contribution in [2.24, 2.45) is 11.7 Å². The Hall–Kier alpha value is -0.120. The van der Waals surface area contributed by atoms with Crippen molar-refractivity contribution < 1.29 is 10.2 Å². The average molecular weight is 694 g/mol. The second-order valence-electron chi connectivity index (χ2n) is 16.5. The number of nitrogens with two attached hydrogens (primary N) is 1. The van der Waals surface area contributed by atoms with Gasteiger partial charge in [-0.2, -0.15) is 0 Å². The number of aliphatic hydroxyl groups is 2. The first kappa shape index (κ1) is 48.9. The average Bonchev–Trinajstić information content (AvgIpc) is 3.08. The topological polar surface area (TPSA) is 66.5 Å². The molecule has 0 atom stereocenters. The Morgan fingerprint density at radius 1 is 0.286 bits per heavy atom. The zero-order valence-electron chi connectivity index (χ0n) is 34.2. The van der Waals surface area contributed by atoms with Gasteiger partial charge in [-0.05, 0) is 12.8 Å². The summed E-state index contributed by atoms with van der Waals surface area (Å²) in [4.78, 5) is 0. The van der Waals surface area contributed by atoms with E-state index in [2.05, 4.69) is 13.8 Å². The van der Waals surface area contributed by atoms with Gasteiger partial charge in [0, 0.05) is 5.92 Å². The van der Waals surface area contributed by atoms with Gasteiger partial charge < -0.3 is 10.2 Å². The van der Waals surface area contributed by atoms with Gasteiger partial charge in [-0.3, -0.25) is 5.73 Å². The molecule has 0 aliphatic carbocycles. The fourth-order valence-electron chi connectivity index (χ4n) is 7.86. The molecule has 0 aromatic heterocycles. The van der Waals surface area contributed by atoms with E-state index in [1.54, 1.807) is 0 Å². The molecule has 0 unspecified atom stereocenters. The molecule has 0 spiro atoms. The predicted molar refractivity (Wildman–Crippen MR) is 220 cm³/mol. The SMILES string of the molecule is CCCCCCCCCCCCCCCCCCCCCCC(CCCCCCCCCCCCCCCCCCCCCC)C(N)(O)O. The van der Waals surface area contributed by atoms with Gasteiger partial charge in [-0.25, -0.2) is 0 Å². The number of rotatable bonds is 43. The molecule has 0 amide bonds. The molecule has 3 nitrogen and oxygen atoms in total. The summed E-state index contributed by atoms with van der Waals surface area (Å²) in [6.45, 7) is 4.59. The van der Waals surface area contributed by atoms with E-state index in [0.717, 1.165) is 25.7 Å². The van der Waals surface area contributed by atoms with Gasteiger partial charge in [-0.15, -0.1) is 0 Å². The van der Waals surface area contributed by atoms with E-state index in [4.69, 9.17) is 5.73 Å². The van der Waals surface area contributed by atoms with Crippen molar-refractivity contribution in [1.29, 1.82) is 0 Å². The minimum absolute atomic E-state index is 0.182. The van der Waals surface area contributed by atoms with Gasteiger partial charge in [0.15, 0.2) is 0 Å². The molecule has 0 aromatic rings. The van der Waals surface area contributed by atoms with Crippen LogP contribution in [0, 0.1) is 5.92 Å². The van der Waals surface area contributed by atoms with Crippen molar-refractivity contribution in [2.75, 3.05) is 0 Å². The van der Waals surface area contributed by atoms with E-state index < -0.39 is 5.91 Å². The summed E-state index contributed by atoms with van der Waals surface area (Å²) in [6.07, 6.45) is 57.2. The van der Waals surface area contributed by atoms with Crippen LogP contribution in [0.4, 0.5) is 0 Å². The predicted octanol–water partition coefficient (Wildman–Crippen LogP) is 15.6. The summed E-state index contributed by atoms with van der Waals surface area (Å²) < 4.78 is 0. The molecule has 0 heterocycles. The normalized spacial score (nSPS) is 12.1. The van der Waals surface area contributed by atoms with Crippen molar-refractivity contribution in [3.05, 3.63) is 0 Å². The molecule has 296 valence electrons. The van der Waals surface area contributed by atoms with Crippen LogP contribution in [0.3, 0.4) is 0 Å². The van der Waals surface area contributed by atoms with Crippen LogP contribution in [0.25, 0.3) is 0 Å². The molecule has 0 radical (unpaired) electrons. The molecule has 3 heteroatoms. The molecule has 0 fully saturated rings. The summed E-state index contributed by atoms with van der Waals surface area (Å²) in [6, 6.07) is 0. The highest BCUT2D eigenvalue weighted by molar-refractivity contribution is 4.70.